The average Bonchev–Trinajstić information content (AvgIpc) is 2.05. The Morgan fingerprint density at radius 2 is 2.36 bits per heavy atom. The molecule has 3 nitrogen and oxygen atoms in total. The van der Waals surface area contributed by atoms with E-state index in [2.05, 4.69) is 6.08 Å². The molecule has 0 aliphatic carbocycles. The Hall–Kier alpha value is -0.830. The molecule has 0 saturated heterocycles. The maximum absolute atomic E-state index is 11.3. The molecule has 1 heterocycles. The standard InChI is InChI=1S/C8H14N2O/c1-7(9)8(11)10-5-3-2-4-6-10/h2-3,7H,4-6,9H2,1H3. The fourth-order valence-electron chi connectivity index (χ4n) is 1.13. The number of nitrogens with two attached hydrogens (primary N) is 1. The second-order valence-corrected chi connectivity index (χ2v) is 2.83. The van der Waals surface area contributed by atoms with Gasteiger partial charge >= 0.3 is 0 Å². The van der Waals surface area contributed by atoms with Crippen molar-refractivity contribution in [1.82, 2.24) is 4.90 Å². The van der Waals surface area contributed by atoms with Gasteiger partial charge in [0, 0.05) is 13.1 Å². The first-order chi connectivity index (χ1) is 5.22. The highest BCUT2D eigenvalue weighted by molar-refractivity contribution is 5.81. The number of carbonyl (C=O) groups excluding carboxylic acids is 1. The molecule has 1 unspecified atom stereocenters. The zero-order valence-corrected chi connectivity index (χ0v) is 6.79. The summed E-state index contributed by atoms with van der Waals surface area (Å²) < 4.78 is 0. The molecule has 2 N–H and O–H groups in total. The van der Waals surface area contributed by atoms with Crippen molar-refractivity contribution in [3.8, 4) is 0 Å². The zero-order valence-electron chi connectivity index (χ0n) is 6.79. The molecule has 0 bridgehead atoms. The molecule has 0 fully saturated rings. The van der Waals surface area contributed by atoms with E-state index < -0.39 is 0 Å². The molecular weight excluding hydrogens is 140 g/mol. The summed E-state index contributed by atoms with van der Waals surface area (Å²) >= 11 is 0. The molecule has 0 saturated carbocycles. The number of rotatable bonds is 1. The topological polar surface area (TPSA) is 46.3 Å². The van der Waals surface area contributed by atoms with E-state index in [1.54, 1.807) is 11.8 Å². The quantitative estimate of drug-likeness (QED) is 0.545. The molecule has 0 aromatic heterocycles. The van der Waals surface area contributed by atoms with Crippen molar-refractivity contribution >= 4 is 5.91 Å². The summed E-state index contributed by atoms with van der Waals surface area (Å²) in [6.07, 6.45) is 5.05. The summed E-state index contributed by atoms with van der Waals surface area (Å²) in [6.45, 7) is 3.26. The predicted molar refractivity (Wildman–Crippen MR) is 44.0 cm³/mol. The molecule has 0 aromatic rings. The van der Waals surface area contributed by atoms with Gasteiger partial charge in [-0.25, -0.2) is 0 Å². The lowest BCUT2D eigenvalue weighted by molar-refractivity contribution is -0.131. The number of carbonyl (C=O) groups is 1. The first kappa shape index (κ1) is 8.27. The van der Waals surface area contributed by atoms with Crippen LogP contribution in [0.2, 0.25) is 0 Å². The Morgan fingerprint density at radius 3 is 2.82 bits per heavy atom. The zero-order chi connectivity index (χ0) is 8.27. The van der Waals surface area contributed by atoms with Crippen molar-refractivity contribution in [2.75, 3.05) is 13.1 Å². The fourth-order valence-corrected chi connectivity index (χ4v) is 1.13. The van der Waals surface area contributed by atoms with Gasteiger partial charge in [0.15, 0.2) is 0 Å². The first-order valence-electron chi connectivity index (χ1n) is 3.91. The Kier molecular flexibility index (Phi) is 2.65. The molecule has 3 heteroatoms. The van der Waals surface area contributed by atoms with Crippen LogP contribution in [0.4, 0.5) is 0 Å². The van der Waals surface area contributed by atoms with Crippen LogP contribution in [0.3, 0.4) is 0 Å². The summed E-state index contributed by atoms with van der Waals surface area (Å²) in [5.41, 5.74) is 5.45. The second-order valence-electron chi connectivity index (χ2n) is 2.83. The minimum atomic E-state index is -0.360. The van der Waals surface area contributed by atoms with Gasteiger partial charge in [-0.05, 0) is 13.3 Å². The van der Waals surface area contributed by atoms with Gasteiger partial charge in [-0.1, -0.05) is 12.2 Å². The van der Waals surface area contributed by atoms with Crippen LogP contribution in [0.1, 0.15) is 13.3 Å². The molecule has 1 amide bonds. The van der Waals surface area contributed by atoms with Crippen molar-refractivity contribution in [2.45, 2.75) is 19.4 Å². The molecule has 1 aliphatic heterocycles. The third-order valence-electron chi connectivity index (χ3n) is 1.76. The highest BCUT2D eigenvalue weighted by atomic mass is 16.2. The normalized spacial score (nSPS) is 20.0. The summed E-state index contributed by atoms with van der Waals surface area (Å²) in [6, 6.07) is -0.360. The van der Waals surface area contributed by atoms with Gasteiger partial charge in [-0.15, -0.1) is 0 Å². The number of hydrogen-bond donors (Lipinski definition) is 1. The molecule has 1 rings (SSSR count). The number of hydrogen-bond acceptors (Lipinski definition) is 2. The van der Waals surface area contributed by atoms with Crippen molar-refractivity contribution in [1.29, 1.82) is 0 Å². The van der Waals surface area contributed by atoms with Gasteiger partial charge < -0.3 is 10.6 Å². The van der Waals surface area contributed by atoms with E-state index >= 15 is 0 Å². The Morgan fingerprint density at radius 1 is 1.64 bits per heavy atom. The lowest BCUT2D eigenvalue weighted by atomic mass is 10.2. The van der Waals surface area contributed by atoms with Gasteiger partial charge in [-0.3, -0.25) is 4.79 Å². The monoisotopic (exact) mass is 154 g/mol. The third-order valence-corrected chi connectivity index (χ3v) is 1.76. The molecule has 1 aliphatic rings. The Balaban J connectivity index is 2.47. The van der Waals surface area contributed by atoms with Crippen molar-refractivity contribution in [3.05, 3.63) is 12.2 Å². The van der Waals surface area contributed by atoms with Gasteiger partial charge in [0.25, 0.3) is 0 Å². The predicted octanol–water partition coefficient (Wildman–Crippen LogP) is 0.122. The van der Waals surface area contributed by atoms with E-state index in [4.69, 9.17) is 5.73 Å². The molecule has 0 aromatic carbocycles. The number of amides is 1. The van der Waals surface area contributed by atoms with E-state index in [0.717, 1.165) is 19.5 Å². The van der Waals surface area contributed by atoms with Crippen LogP contribution < -0.4 is 5.73 Å². The van der Waals surface area contributed by atoms with E-state index in [1.165, 1.54) is 0 Å². The van der Waals surface area contributed by atoms with Gasteiger partial charge in [0.1, 0.15) is 0 Å². The lowest BCUT2D eigenvalue weighted by Crippen LogP contribution is -2.43. The van der Waals surface area contributed by atoms with E-state index in [9.17, 15) is 4.79 Å². The number of nitrogens with zero attached hydrogens (tertiary/aromatic N) is 1. The lowest BCUT2D eigenvalue weighted by Gasteiger charge is -2.24. The van der Waals surface area contributed by atoms with Crippen molar-refractivity contribution in [2.24, 2.45) is 5.73 Å². The van der Waals surface area contributed by atoms with Crippen molar-refractivity contribution < 1.29 is 4.79 Å². The van der Waals surface area contributed by atoms with E-state index in [1.807, 2.05) is 6.08 Å². The molecule has 62 valence electrons. The molecule has 11 heavy (non-hydrogen) atoms. The van der Waals surface area contributed by atoms with Gasteiger partial charge in [0.2, 0.25) is 5.91 Å². The summed E-state index contributed by atoms with van der Waals surface area (Å²) in [4.78, 5) is 13.0. The minimum absolute atomic E-state index is 0.0503. The Labute approximate surface area is 66.9 Å². The van der Waals surface area contributed by atoms with Crippen molar-refractivity contribution in [3.63, 3.8) is 0 Å². The van der Waals surface area contributed by atoms with Crippen LogP contribution in [0.5, 0.6) is 0 Å². The van der Waals surface area contributed by atoms with Gasteiger partial charge in [-0.2, -0.15) is 0 Å². The average molecular weight is 154 g/mol. The fraction of sp³-hybridized carbons (Fsp3) is 0.625. The highest BCUT2D eigenvalue weighted by Gasteiger charge is 2.16. The largest absolute Gasteiger partial charge is 0.337 e. The van der Waals surface area contributed by atoms with E-state index in [-0.39, 0.29) is 11.9 Å². The molecule has 1 atom stereocenters. The van der Waals surface area contributed by atoms with Crippen LogP contribution in [-0.4, -0.2) is 29.9 Å². The first-order valence-corrected chi connectivity index (χ1v) is 3.91. The van der Waals surface area contributed by atoms with Crippen LogP contribution in [0, 0.1) is 0 Å². The highest BCUT2D eigenvalue weighted by Crippen LogP contribution is 2.02. The second kappa shape index (κ2) is 3.53. The summed E-state index contributed by atoms with van der Waals surface area (Å²) in [5.74, 6) is 0.0503. The third kappa shape index (κ3) is 2.05. The summed E-state index contributed by atoms with van der Waals surface area (Å²) in [7, 11) is 0. The smallest absolute Gasteiger partial charge is 0.239 e. The van der Waals surface area contributed by atoms with Crippen LogP contribution >= 0.6 is 0 Å². The molecular formula is C8H14N2O. The van der Waals surface area contributed by atoms with Crippen LogP contribution in [-0.2, 0) is 4.79 Å². The maximum Gasteiger partial charge on any atom is 0.239 e. The minimum Gasteiger partial charge on any atom is -0.337 e. The Bertz CT molecular complexity index is 175. The van der Waals surface area contributed by atoms with E-state index in [0.29, 0.717) is 0 Å². The van der Waals surface area contributed by atoms with Gasteiger partial charge in [0.05, 0.1) is 6.04 Å². The van der Waals surface area contributed by atoms with Crippen LogP contribution in [0.15, 0.2) is 12.2 Å². The summed E-state index contributed by atoms with van der Waals surface area (Å²) in [5, 5.41) is 0. The van der Waals surface area contributed by atoms with Crippen LogP contribution in [0.25, 0.3) is 0 Å². The maximum atomic E-state index is 11.3. The molecule has 0 radical (unpaired) electrons. The SMILES string of the molecule is CC(N)C(=O)N1CC=CCC1. The molecule has 0 spiro atoms.